The number of nitrogens with two attached hydrogens (primary N) is 1. The van der Waals surface area contributed by atoms with Crippen LogP contribution in [0.5, 0.6) is 23.0 Å². The number of methoxy groups -OCH3 is 4. The smallest absolute Gasteiger partial charge is 0.246 e. The first-order valence-corrected chi connectivity index (χ1v) is 8.28. The molecule has 7 heteroatoms. The highest BCUT2D eigenvalue weighted by Crippen LogP contribution is 2.43. The molecular weight excluding hydrogens is 348 g/mol. The van der Waals surface area contributed by atoms with Gasteiger partial charge in [0.25, 0.3) is 0 Å². The number of nitrogens with zero attached hydrogens (tertiary/aromatic N) is 1. The number of ether oxygens (including phenoxy) is 4. The lowest BCUT2D eigenvalue weighted by Crippen LogP contribution is -2.25. The first-order valence-electron chi connectivity index (χ1n) is 8.28. The van der Waals surface area contributed by atoms with Crippen LogP contribution in [0.15, 0.2) is 42.1 Å². The molecule has 0 aliphatic carbocycles. The zero-order valence-corrected chi connectivity index (χ0v) is 15.7. The SMILES string of the molecule is COc1cc(OC)cc(N2C=C(C(N)=O)Cc3c(OC)cc(OC)cc32)c1. The number of primary amides is 1. The third kappa shape index (κ3) is 3.48. The number of amides is 1. The van der Waals surface area contributed by atoms with E-state index in [0.717, 1.165) is 16.9 Å². The predicted octanol–water partition coefficient (Wildman–Crippen LogP) is 2.78. The molecule has 0 saturated heterocycles. The number of rotatable bonds is 6. The molecule has 0 radical (unpaired) electrons. The maximum Gasteiger partial charge on any atom is 0.246 e. The Balaban J connectivity index is 2.24. The average molecular weight is 370 g/mol. The molecule has 0 atom stereocenters. The normalized spacial score (nSPS) is 12.7. The van der Waals surface area contributed by atoms with Gasteiger partial charge in [0.2, 0.25) is 5.91 Å². The largest absolute Gasteiger partial charge is 0.497 e. The van der Waals surface area contributed by atoms with Crippen LogP contribution in [0.4, 0.5) is 11.4 Å². The van der Waals surface area contributed by atoms with Gasteiger partial charge in [-0.2, -0.15) is 0 Å². The van der Waals surface area contributed by atoms with E-state index in [1.54, 1.807) is 46.8 Å². The van der Waals surface area contributed by atoms with Crippen molar-refractivity contribution in [2.24, 2.45) is 5.73 Å². The summed E-state index contributed by atoms with van der Waals surface area (Å²) in [4.78, 5) is 13.8. The molecule has 3 rings (SSSR count). The molecule has 0 bridgehead atoms. The van der Waals surface area contributed by atoms with E-state index < -0.39 is 5.91 Å². The summed E-state index contributed by atoms with van der Waals surface area (Å²) in [5, 5.41) is 0. The van der Waals surface area contributed by atoms with Crippen LogP contribution in [-0.4, -0.2) is 34.3 Å². The van der Waals surface area contributed by atoms with Gasteiger partial charge in [0.05, 0.1) is 39.8 Å². The molecule has 2 N–H and O–H groups in total. The minimum absolute atomic E-state index is 0.370. The Bertz CT molecular complexity index is 885. The Kier molecular flexibility index (Phi) is 5.12. The van der Waals surface area contributed by atoms with E-state index in [4.69, 9.17) is 24.7 Å². The van der Waals surface area contributed by atoms with Gasteiger partial charge in [-0.15, -0.1) is 0 Å². The lowest BCUT2D eigenvalue weighted by molar-refractivity contribution is -0.114. The van der Waals surface area contributed by atoms with Crippen LogP contribution in [0, 0.1) is 0 Å². The van der Waals surface area contributed by atoms with Gasteiger partial charge in [-0.1, -0.05) is 0 Å². The maximum absolute atomic E-state index is 11.9. The molecule has 0 spiro atoms. The Morgan fingerprint density at radius 1 is 0.889 bits per heavy atom. The summed E-state index contributed by atoms with van der Waals surface area (Å²) in [5.41, 5.74) is 8.46. The second-order valence-electron chi connectivity index (χ2n) is 5.96. The molecule has 1 amide bonds. The van der Waals surface area contributed by atoms with E-state index in [-0.39, 0.29) is 0 Å². The second-order valence-corrected chi connectivity index (χ2v) is 5.96. The van der Waals surface area contributed by atoms with Crippen molar-refractivity contribution < 1.29 is 23.7 Å². The Labute approximate surface area is 157 Å². The van der Waals surface area contributed by atoms with Gasteiger partial charge in [-0.3, -0.25) is 4.79 Å². The quantitative estimate of drug-likeness (QED) is 0.842. The van der Waals surface area contributed by atoms with Crippen LogP contribution in [0.25, 0.3) is 0 Å². The molecule has 7 nitrogen and oxygen atoms in total. The first kappa shape index (κ1) is 18.4. The average Bonchev–Trinajstić information content (AvgIpc) is 2.71. The van der Waals surface area contributed by atoms with E-state index in [1.807, 2.05) is 23.1 Å². The molecule has 142 valence electrons. The number of anilines is 2. The summed E-state index contributed by atoms with van der Waals surface area (Å²) in [6.07, 6.45) is 2.09. The fourth-order valence-corrected chi connectivity index (χ4v) is 3.06. The fraction of sp³-hybridized carbons (Fsp3) is 0.250. The number of carbonyl (C=O) groups is 1. The second kappa shape index (κ2) is 7.49. The highest BCUT2D eigenvalue weighted by Gasteiger charge is 2.26. The lowest BCUT2D eigenvalue weighted by Gasteiger charge is -2.30. The minimum Gasteiger partial charge on any atom is -0.497 e. The summed E-state index contributed by atoms with van der Waals surface area (Å²) < 4.78 is 21.7. The molecule has 0 aromatic heterocycles. The van der Waals surface area contributed by atoms with Crippen molar-refractivity contribution in [2.45, 2.75) is 6.42 Å². The van der Waals surface area contributed by atoms with Crippen LogP contribution < -0.4 is 29.6 Å². The van der Waals surface area contributed by atoms with Gasteiger partial charge < -0.3 is 29.6 Å². The molecule has 1 heterocycles. The zero-order chi connectivity index (χ0) is 19.6. The Hall–Kier alpha value is -3.35. The number of benzene rings is 2. The molecule has 0 fully saturated rings. The summed E-state index contributed by atoms with van der Waals surface area (Å²) in [7, 11) is 6.34. The number of hydrogen-bond donors (Lipinski definition) is 1. The minimum atomic E-state index is -0.488. The third-order valence-corrected chi connectivity index (χ3v) is 4.46. The van der Waals surface area contributed by atoms with E-state index >= 15 is 0 Å². The van der Waals surface area contributed by atoms with Crippen molar-refractivity contribution in [1.29, 1.82) is 0 Å². The summed E-state index contributed by atoms with van der Waals surface area (Å²) in [6.45, 7) is 0. The number of hydrogen-bond acceptors (Lipinski definition) is 6. The van der Waals surface area contributed by atoms with Gasteiger partial charge in [0, 0.05) is 54.1 Å². The predicted molar refractivity (Wildman–Crippen MR) is 102 cm³/mol. The summed E-state index contributed by atoms with van der Waals surface area (Å²) in [5.74, 6) is 2.02. The van der Waals surface area contributed by atoms with E-state index in [1.165, 1.54) is 0 Å². The van der Waals surface area contributed by atoms with Crippen LogP contribution in [0.1, 0.15) is 5.56 Å². The number of carbonyl (C=O) groups excluding carboxylic acids is 1. The molecule has 1 aliphatic heterocycles. The Morgan fingerprint density at radius 3 is 2.00 bits per heavy atom. The van der Waals surface area contributed by atoms with Crippen molar-refractivity contribution in [3.63, 3.8) is 0 Å². The van der Waals surface area contributed by atoms with Crippen LogP contribution in [-0.2, 0) is 11.2 Å². The Morgan fingerprint density at radius 2 is 1.48 bits per heavy atom. The lowest BCUT2D eigenvalue weighted by atomic mass is 9.97. The molecule has 2 aromatic rings. The third-order valence-electron chi connectivity index (χ3n) is 4.46. The van der Waals surface area contributed by atoms with Gasteiger partial charge in [-0.05, 0) is 0 Å². The summed E-state index contributed by atoms with van der Waals surface area (Å²) >= 11 is 0. The van der Waals surface area contributed by atoms with Gasteiger partial charge in [0.1, 0.15) is 23.0 Å². The van der Waals surface area contributed by atoms with Crippen LogP contribution >= 0.6 is 0 Å². The van der Waals surface area contributed by atoms with E-state index in [0.29, 0.717) is 35.0 Å². The highest BCUT2D eigenvalue weighted by molar-refractivity contribution is 5.95. The molecule has 0 unspecified atom stereocenters. The van der Waals surface area contributed by atoms with Gasteiger partial charge in [-0.25, -0.2) is 0 Å². The van der Waals surface area contributed by atoms with Gasteiger partial charge >= 0.3 is 0 Å². The molecule has 0 saturated carbocycles. The zero-order valence-electron chi connectivity index (χ0n) is 15.7. The van der Waals surface area contributed by atoms with Crippen molar-refractivity contribution in [1.82, 2.24) is 0 Å². The maximum atomic E-state index is 11.9. The van der Waals surface area contributed by atoms with Crippen molar-refractivity contribution >= 4 is 17.3 Å². The van der Waals surface area contributed by atoms with Gasteiger partial charge in [0.15, 0.2) is 0 Å². The topological polar surface area (TPSA) is 83.2 Å². The number of fused-ring (bicyclic) bond motifs is 1. The molecule has 1 aliphatic rings. The molecule has 27 heavy (non-hydrogen) atoms. The monoisotopic (exact) mass is 370 g/mol. The van der Waals surface area contributed by atoms with Crippen molar-refractivity contribution in [2.75, 3.05) is 33.3 Å². The standard InChI is InChI=1S/C20H22N2O5/c1-24-14-6-13(7-15(8-14)25-2)22-11-12(20(21)23)5-17-18(22)9-16(26-3)10-19(17)27-4/h6-11H,5H2,1-4H3,(H2,21,23). The van der Waals surface area contributed by atoms with E-state index in [9.17, 15) is 4.79 Å². The first-order chi connectivity index (χ1) is 13.0. The van der Waals surface area contributed by atoms with E-state index in [2.05, 4.69) is 0 Å². The van der Waals surface area contributed by atoms with Crippen LogP contribution in [0.3, 0.4) is 0 Å². The van der Waals surface area contributed by atoms with Crippen LogP contribution in [0.2, 0.25) is 0 Å². The molecular formula is C20H22N2O5. The summed E-state index contributed by atoms with van der Waals surface area (Å²) in [6, 6.07) is 9.14. The van der Waals surface area contributed by atoms with Crippen molar-refractivity contribution in [3.05, 3.63) is 47.7 Å². The highest BCUT2D eigenvalue weighted by atomic mass is 16.5. The fourth-order valence-electron chi connectivity index (χ4n) is 3.06. The van der Waals surface area contributed by atoms with Crippen molar-refractivity contribution in [3.8, 4) is 23.0 Å². The molecule has 2 aromatic carbocycles.